The van der Waals surface area contributed by atoms with Gasteiger partial charge in [-0.2, -0.15) is 0 Å². The first-order valence-electron chi connectivity index (χ1n) is 9.31. The fourth-order valence-corrected chi connectivity index (χ4v) is 2.82. The number of alkyl halides is 1. The molecule has 2 heteroatoms. The van der Waals surface area contributed by atoms with Gasteiger partial charge in [0, 0.05) is 4.87 Å². The molecule has 0 fully saturated rings. The average molecular weight is 320 g/mol. The highest BCUT2D eigenvalue weighted by Gasteiger charge is 2.16. The molecule has 1 unspecified atom stereocenters. The van der Waals surface area contributed by atoms with E-state index >= 15 is 0 Å². The van der Waals surface area contributed by atoms with Crippen LogP contribution >= 0.6 is 11.6 Å². The van der Waals surface area contributed by atoms with Gasteiger partial charge in [0.2, 0.25) is 0 Å². The number of unbranched alkanes of at least 4 members (excludes halogenated alkanes) is 12. The van der Waals surface area contributed by atoms with Crippen LogP contribution in [-0.4, -0.2) is 4.87 Å². The van der Waals surface area contributed by atoms with Crippen LogP contribution < -0.4 is 6.15 Å². The fraction of sp³-hybridized carbons (Fsp3) is 1.00. The Kier molecular flexibility index (Phi) is 18.6. The first-order valence-corrected chi connectivity index (χ1v) is 9.69. The zero-order valence-corrected chi connectivity index (χ0v) is 15.9. The standard InChI is InChI=1S/C19H39Cl.H3N/c1-4-6-7-8-9-10-11-12-13-14-15-16-17-18-19(3,20)5-2;/h4-18H2,1-3H3;1H3. The number of rotatable bonds is 15. The lowest BCUT2D eigenvalue weighted by Gasteiger charge is -2.19. The van der Waals surface area contributed by atoms with Crippen molar-refractivity contribution in [1.29, 1.82) is 0 Å². The molecule has 0 saturated heterocycles. The van der Waals surface area contributed by atoms with Crippen molar-refractivity contribution in [2.24, 2.45) is 0 Å². The van der Waals surface area contributed by atoms with Crippen LogP contribution in [0.15, 0.2) is 0 Å². The minimum Gasteiger partial charge on any atom is -0.344 e. The van der Waals surface area contributed by atoms with Gasteiger partial charge in [-0.05, 0) is 19.8 Å². The van der Waals surface area contributed by atoms with Gasteiger partial charge in [0.25, 0.3) is 0 Å². The molecule has 0 amide bonds. The maximum atomic E-state index is 6.36. The summed E-state index contributed by atoms with van der Waals surface area (Å²) in [5.74, 6) is 0. The van der Waals surface area contributed by atoms with E-state index in [2.05, 4.69) is 20.8 Å². The van der Waals surface area contributed by atoms with E-state index in [0.717, 1.165) is 6.42 Å². The molecule has 0 rings (SSSR count). The first-order chi connectivity index (χ1) is 9.62. The topological polar surface area (TPSA) is 35.0 Å². The molecule has 0 aromatic rings. The summed E-state index contributed by atoms with van der Waals surface area (Å²) in [7, 11) is 0. The van der Waals surface area contributed by atoms with Crippen LogP contribution in [0.25, 0.3) is 0 Å². The molecule has 0 saturated carbocycles. The summed E-state index contributed by atoms with van der Waals surface area (Å²) in [6.45, 7) is 6.65. The van der Waals surface area contributed by atoms with Crippen LogP contribution in [0.5, 0.6) is 0 Å². The molecule has 1 nitrogen and oxygen atoms in total. The van der Waals surface area contributed by atoms with Gasteiger partial charge in [0.15, 0.2) is 0 Å². The van der Waals surface area contributed by atoms with Gasteiger partial charge in [-0.3, -0.25) is 0 Å². The summed E-state index contributed by atoms with van der Waals surface area (Å²) in [5, 5.41) is 0. The average Bonchev–Trinajstić information content (AvgIpc) is 2.44. The highest BCUT2D eigenvalue weighted by Crippen LogP contribution is 2.26. The van der Waals surface area contributed by atoms with E-state index in [-0.39, 0.29) is 11.0 Å². The van der Waals surface area contributed by atoms with Crippen LogP contribution in [0.4, 0.5) is 0 Å². The molecule has 0 aliphatic carbocycles. The molecule has 0 aromatic carbocycles. The van der Waals surface area contributed by atoms with E-state index < -0.39 is 0 Å². The van der Waals surface area contributed by atoms with Crippen molar-refractivity contribution in [2.45, 2.75) is 122 Å². The van der Waals surface area contributed by atoms with Crippen molar-refractivity contribution in [3.8, 4) is 0 Å². The SMILES string of the molecule is CCCCCCCCCCCCCCCC(C)(Cl)CC.N. The van der Waals surface area contributed by atoms with Crippen LogP contribution in [0.2, 0.25) is 0 Å². The summed E-state index contributed by atoms with van der Waals surface area (Å²) in [6.07, 6.45) is 20.8. The monoisotopic (exact) mass is 319 g/mol. The maximum absolute atomic E-state index is 6.36. The normalized spacial score (nSPS) is 13.7. The molecule has 0 spiro atoms. The lowest BCUT2D eigenvalue weighted by molar-refractivity contribution is 0.493. The molecule has 0 heterocycles. The molecule has 0 aromatic heterocycles. The Morgan fingerprint density at radius 1 is 0.619 bits per heavy atom. The first kappa shape index (κ1) is 23.5. The van der Waals surface area contributed by atoms with E-state index in [1.807, 2.05) is 0 Å². The third-order valence-electron chi connectivity index (χ3n) is 4.54. The van der Waals surface area contributed by atoms with E-state index in [4.69, 9.17) is 11.6 Å². The summed E-state index contributed by atoms with van der Waals surface area (Å²) in [6, 6.07) is 0. The van der Waals surface area contributed by atoms with Crippen LogP contribution in [0, 0.1) is 0 Å². The zero-order chi connectivity index (χ0) is 15.1. The van der Waals surface area contributed by atoms with Gasteiger partial charge in [-0.15, -0.1) is 11.6 Å². The van der Waals surface area contributed by atoms with Crippen molar-refractivity contribution < 1.29 is 0 Å². The third kappa shape index (κ3) is 18.2. The van der Waals surface area contributed by atoms with E-state index in [1.165, 1.54) is 89.9 Å². The predicted molar refractivity (Wildman–Crippen MR) is 99.9 cm³/mol. The summed E-state index contributed by atoms with van der Waals surface area (Å²) in [5.41, 5.74) is 0. The van der Waals surface area contributed by atoms with Crippen molar-refractivity contribution in [2.75, 3.05) is 0 Å². The Balaban J connectivity index is 0. The third-order valence-corrected chi connectivity index (χ3v) is 5.00. The lowest BCUT2D eigenvalue weighted by Crippen LogP contribution is -2.13. The number of hydrogen-bond acceptors (Lipinski definition) is 1. The van der Waals surface area contributed by atoms with Crippen molar-refractivity contribution in [3.05, 3.63) is 0 Å². The number of hydrogen-bond donors (Lipinski definition) is 1. The molecule has 0 aliphatic heterocycles. The summed E-state index contributed by atoms with van der Waals surface area (Å²) in [4.78, 5) is 0.0533. The molecule has 0 radical (unpaired) electrons. The van der Waals surface area contributed by atoms with E-state index in [9.17, 15) is 0 Å². The summed E-state index contributed by atoms with van der Waals surface area (Å²) < 4.78 is 0. The lowest BCUT2D eigenvalue weighted by atomic mass is 9.98. The second kappa shape index (κ2) is 16.6. The largest absolute Gasteiger partial charge is 0.344 e. The van der Waals surface area contributed by atoms with Crippen molar-refractivity contribution >= 4 is 11.6 Å². The second-order valence-corrected chi connectivity index (χ2v) is 7.67. The van der Waals surface area contributed by atoms with Gasteiger partial charge in [0.1, 0.15) is 0 Å². The Hall–Kier alpha value is 0.250. The highest BCUT2D eigenvalue weighted by molar-refractivity contribution is 6.23. The molecule has 1 atom stereocenters. The van der Waals surface area contributed by atoms with Crippen LogP contribution in [0.1, 0.15) is 117 Å². The minimum absolute atomic E-state index is 0. The summed E-state index contributed by atoms with van der Waals surface area (Å²) >= 11 is 6.36. The smallest absolute Gasteiger partial charge is 0.0416 e. The Morgan fingerprint density at radius 2 is 0.952 bits per heavy atom. The Labute approximate surface area is 140 Å². The van der Waals surface area contributed by atoms with Gasteiger partial charge in [-0.1, -0.05) is 97.3 Å². The second-order valence-electron chi connectivity index (χ2n) is 6.76. The molecular formula is C19H42ClN. The van der Waals surface area contributed by atoms with Crippen molar-refractivity contribution in [1.82, 2.24) is 6.15 Å². The molecule has 0 aliphatic rings. The van der Waals surface area contributed by atoms with E-state index in [1.54, 1.807) is 0 Å². The maximum Gasteiger partial charge on any atom is 0.0416 e. The predicted octanol–water partition coefficient (Wildman–Crippen LogP) is 8.04. The molecule has 0 bridgehead atoms. The highest BCUT2D eigenvalue weighted by atomic mass is 35.5. The van der Waals surface area contributed by atoms with Gasteiger partial charge < -0.3 is 6.15 Å². The minimum atomic E-state index is 0. The Bertz CT molecular complexity index is 192. The molecule has 3 N–H and O–H groups in total. The van der Waals surface area contributed by atoms with E-state index in [0.29, 0.717) is 0 Å². The fourth-order valence-electron chi connectivity index (χ4n) is 2.69. The van der Waals surface area contributed by atoms with Gasteiger partial charge >= 0.3 is 0 Å². The van der Waals surface area contributed by atoms with Crippen molar-refractivity contribution in [3.63, 3.8) is 0 Å². The van der Waals surface area contributed by atoms with Gasteiger partial charge in [0.05, 0.1) is 0 Å². The van der Waals surface area contributed by atoms with Crippen LogP contribution in [-0.2, 0) is 0 Å². The van der Waals surface area contributed by atoms with Crippen LogP contribution in [0.3, 0.4) is 0 Å². The molecular weight excluding hydrogens is 278 g/mol. The Morgan fingerprint density at radius 3 is 1.29 bits per heavy atom. The molecule has 130 valence electrons. The van der Waals surface area contributed by atoms with Gasteiger partial charge in [-0.25, -0.2) is 0 Å². The zero-order valence-electron chi connectivity index (χ0n) is 15.2. The quantitative estimate of drug-likeness (QED) is 0.240. The molecule has 21 heavy (non-hydrogen) atoms. The number of halogens is 1.